The number of hydrogen-bond acceptors (Lipinski definition) is 3. The predicted molar refractivity (Wildman–Crippen MR) is 80.2 cm³/mol. The number of nitrogens with one attached hydrogen (secondary N) is 1. The molecule has 1 aromatic heterocycles. The monoisotopic (exact) mass is 291 g/mol. The lowest BCUT2D eigenvalue weighted by molar-refractivity contribution is -0.136. The molecule has 2 aliphatic rings. The van der Waals surface area contributed by atoms with Gasteiger partial charge >= 0.3 is 0 Å². The van der Waals surface area contributed by atoms with Gasteiger partial charge in [0, 0.05) is 31.3 Å². The van der Waals surface area contributed by atoms with Gasteiger partial charge in [0.25, 0.3) is 0 Å². The highest BCUT2D eigenvalue weighted by Crippen LogP contribution is 2.29. The van der Waals surface area contributed by atoms with Crippen LogP contribution in [0.25, 0.3) is 0 Å². The molecule has 0 aliphatic carbocycles. The summed E-state index contributed by atoms with van der Waals surface area (Å²) < 4.78 is 5.32. The molecule has 0 saturated carbocycles. The fraction of sp³-hybridized carbons (Fsp3) is 0.750. The zero-order valence-corrected chi connectivity index (χ0v) is 13.0. The Balaban J connectivity index is 1.55. The maximum Gasteiger partial charge on any atom is 0.228 e. The molecule has 0 spiro atoms. The zero-order chi connectivity index (χ0) is 14.8. The Hall–Kier alpha value is -1.36. The van der Waals surface area contributed by atoms with E-state index in [1.807, 2.05) is 4.90 Å². The van der Waals surface area contributed by atoms with E-state index in [1.54, 1.807) is 0 Å². The summed E-state index contributed by atoms with van der Waals surface area (Å²) in [7, 11) is 0. The molecule has 2 fully saturated rings. The molecule has 2 aliphatic heterocycles. The summed E-state index contributed by atoms with van der Waals surface area (Å²) in [4.78, 5) is 14.4. The van der Waals surface area contributed by atoms with Gasteiger partial charge < -0.3 is 9.64 Å². The van der Waals surface area contributed by atoms with E-state index < -0.39 is 0 Å². The molecule has 116 valence electrons. The molecule has 1 atom stereocenters. The van der Waals surface area contributed by atoms with Crippen molar-refractivity contribution < 1.29 is 9.53 Å². The molecule has 1 aromatic rings. The summed E-state index contributed by atoms with van der Waals surface area (Å²) in [5.74, 6) is 1.35. The van der Waals surface area contributed by atoms with Crippen LogP contribution >= 0.6 is 0 Å². The summed E-state index contributed by atoms with van der Waals surface area (Å²) in [5.41, 5.74) is 2.36. The van der Waals surface area contributed by atoms with Gasteiger partial charge in [-0.05, 0) is 31.2 Å². The zero-order valence-electron chi connectivity index (χ0n) is 13.0. The molecular weight excluding hydrogens is 266 g/mol. The second kappa shape index (κ2) is 6.18. The van der Waals surface area contributed by atoms with Crippen molar-refractivity contribution >= 4 is 5.91 Å². The van der Waals surface area contributed by atoms with Gasteiger partial charge in [0.05, 0.1) is 18.2 Å². The molecule has 3 heterocycles. The van der Waals surface area contributed by atoms with Crippen LogP contribution in [0.4, 0.5) is 0 Å². The quantitative estimate of drug-likeness (QED) is 0.929. The number of rotatable bonds is 3. The number of amides is 1. The number of carbonyl (C=O) groups excluding carboxylic acids is 1. The van der Waals surface area contributed by atoms with Gasteiger partial charge in [-0.2, -0.15) is 5.10 Å². The second-order valence-corrected chi connectivity index (χ2v) is 6.56. The van der Waals surface area contributed by atoms with E-state index in [-0.39, 0.29) is 5.92 Å². The number of H-pyrrole nitrogens is 1. The van der Waals surface area contributed by atoms with E-state index in [0.29, 0.717) is 24.3 Å². The molecule has 1 amide bonds. The van der Waals surface area contributed by atoms with Crippen LogP contribution in [0, 0.1) is 5.92 Å². The SMILES string of the molecule is CC(C)c1cc(C2CCN(C(=O)[C@@H]3CCOC3)CC2)[nH]n1. The number of aromatic nitrogens is 2. The number of likely N-dealkylation sites (tertiary alicyclic amines) is 1. The van der Waals surface area contributed by atoms with E-state index in [0.717, 1.165) is 44.7 Å². The molecule has 5 nitrogen and oxygen atoms in total. The molecule has 3 rings (SSSR count). The molecule has 1 N–H and O–H groups in total. The molecule has 5 heteroatoms. The Kier molecular flexibility index (Phi) is 4.29. The number of nitrogens with zero attached hydrogens (tertiary/aromatic N) is 2. The van der Waals surface area contributed by atoms with Crippen molar-refractivity contribution in [3.63, 3.8) is 0 Å². The van der Waals surface area contributed by atoms with E-state index in [1.165, 1.54) is 5.69 Å². The maximum absolute atomic E-state index is 12.4. The summed E-state index contributed by atoms with van der Waals surface area (Å²) in [6.45, 7) is 7.37. The van der Waals surface area contributed by atoms with Crippen molar-refractivity contribution in [3.05, 3.63) is 17.5 Å². The Labute approximate surface area is 126 Å². The van der Waals surface area contributed by atoms with Crippen LogP contribution < -0.4 is 0 Å². The molecule has 2 saturated heterocycles. The van der Waals surface area contributed by atoms with Crippen LogP contribution in [0.15, 0.2) is 6.07 Å². The number of carbonyl (C=O) groups is 1. The highest BCUT2D eigenvalue weighted by atomic mass is 16.5. The van der Waals surface area contributed by atoms with Crippen molar-refractivity contribution in [2.45, 2.75) is 44.9 Å². The Morgan fingerprint density at radius 2 is 2.14 bits per heavy atom. The van der Waals surface area contributed by atoms with Crippen molar-refractivity contribution in [1.29, 1.82) is 0 Å². The van der Waals surface area contributed by atoms with Gasteiger partial charge in [-0.3, -0.25) is 9.89 Å². The van der Waals surface area contributed by atoms with Crippen LogP contribution in [0.2, 0.25) is 0 Å². The molecule has 0 aromatic carbocycles. The number of piperidine rings is 1. The number of aromatic amines is 1. The highest BCUT2D eigenvalue weighted by Gasteiger charge is 2.31. The Bertz CT molecular complexity index is 483. The number of ether oxygens (including phenoxy) is 1. The topological polar surface area (TPSA) is 58.2 Å². The molecule has 0 radical (unpaired) electrons. The standard InChI is InChI=1S/C16H25N3O2/c1-11(2)14-9-15(18-17-14)12-3-6-19(7-4-12)16(20)13-5-8-21-10-13/h9,11-13H,3-8,10H2,1-2H3,(H,17,18)/t13-/m1/s1. The summed E-state index contributed by atoms with van der Waals surface area (Å²) in [6, 6.07) is 2.19. The second-order valence-electron chi connectivity index (χ2n) is 6.56. The van der Waals surface area contributed by atoms with E-state index in [2.05, 4.69) is 30.1 Å². The van der Waals surface area contributed by atoms with Crippen LogP contribution in [-0.4, -0.2) is 47.3 Å². The Morgan fingerprint density at radius 1 is 1.38 bits per heavy atom. The largest absolute Gasteiger partial charge is 0.381 e. The van der Waals surface area contributed by atoms with Gasteiger partial charge in [0.15, 0.2) is 0 Å². The first-order chi connectivity index (χ1) is 10.1. The van der Waals surface area contributed by atoms with E-state index in [9.17, 15) is 4.79 Å². The van der Waals surface area contributed by atoms with Crippen molar-refractivity contribution in [1.82, 2.24) is 15.1 Å². The fourth-order valence-electron chi connectivity index (χ4n) is 3.26. The van der Waals surface area contributed by atoms with Gasteiger partial charge in [-0.25, -0.2) is 0 Å². The average Bonchev–Trinajstić information content (AvgIpc) is 3.18. The van der Waals surface area contributed by atoms with E-state index in [4.69, 9.17) is 4.74 Å². The van der Waals surface area contributed by atoms with Crippen molar-refractivity contribution in [2.24, 2.45) is 5.92 Å². The first-order valence-electron chi connectivity index (χ1n) is 8.07. The lowest BCUT2D eigenvalue weighted by atomic mass is 9.92. The Morgan fingerprint density at radius 3 is 2.71 bits per heavy atom. The van der Waals surface area contributed by atoms with Gasteiger partial charge in [0.2, 0.25) is 5.91 Å². The molecule has 0 bridgehead atoms. The average molecular weight is 291 g/mol. The minimum absolute atomic E-state index is 0.0984. The normalized spacial score (nSPS) is 24.0. The van der Waals surface area contributed by atoms with Crippen LogP contribution in [0.5, 0.6) is 0 Å². The van der Waals surface area contributed by atoms with Gasteiger partial charge in [-0.15, -0.1) is 0 Å². The minimum Gasteiger partial charge on any atom is -0.381 e. The third kappa shape index (κ3) is 3.12. The number of hydrogen-bond donors (Lipinski definition) is 1. The lowest BCUT2D eigenvalue weighted by Crippen LogP contribution is -2.41. The highest BCUT2D eigenvalue weighted by molar-refractivity contribution is 5.79. The summed E-state index contributed by atoms with van der Waals surface area (Å²) >= 11 is 0. The first kappa shape index (κ1) is 14.6. The molecular formula is C16H25N3O2. The van der Waals surface area contributed by atoms with Crippen LogP contribution in [0.3, 0.4) is 0 Å². The molecule has 21 heavy (non-hydrogen) atoms. The van der Waals surface area contributed by atoms with Crippen molar-refractivity contribution in [3.8, 4) is 0 Å². The third-order valence-corrected chi connectivity index (χ3v) is 4.73. The minimum atomic E-state index is 0.0984. The maximum atomic E-state index is 12.4. The smallest absolute Gasteiger partial charge is 0.228 e. The van der Waals surface area contributed by atoms with Gasteiger partial charge in [-0.1, -0.05) is 13.8 Å². The van der Waals surface area contributed by atoms with Gasteiger partial charge in [0.1, 0.15) is 0 Å². The third-order valence-electron chi connectivity index (χ3n) is 4.73. The van der Waals surface area contributed by atoms with Crippen molar-refractivity contribution in [2.75, 3.05) is 26.3 Å². The summed E-state index contributed by atoms with van der Waals surface area (Å²) in [6.07, 6.45) is 2.94. The molecule has 0 unspecified atom stereocenters. The summed E-state index contributed by atoms with van der Waals surface area (Å²) in [5, 5.41) is 7.57. The fourth-order valence-corrected chi connectivity index (χ4v) is 3.26. The van der Waals surface area contributed by atoms with Crippen LogP contribution in [0.1, 0.15) is 56.3 Å². The van der Waals surface area contributed by atoms with Crippen LogP contribution in [-0.2, 0) is 9.53 Å². The predicted octanol–water partition coefficient (Wildman–Crippen LogP) is 2.28. The van der Waals surface area contributed by atoms with E-state index >= 15 is 0 Å². The lowest BCUT2D eigenvalue weighted by Gasteiger charge is -2.32. The first-order valence-corrected chi connectivity index (χ1v) is 8.07.